The van der Waals surface area contributed by atoms with Crippen molar-refractivity contribution in [3.8, 4) is 5.75 Å². The fourth-order valence-corrected chi connectivity index (χ4v) is 3.60. The molecule has 0 fully saturated rings. The van der Waals surface area contributed by atoms with Crippen LogP contribution < -0.4 is 4.74 Å². The molecule has 0 radical (unpaired) electrons. The maximum Gasteiger partial charge on any atom is 0.242 e. The fourth-order valence-electron chi connectivity index (χ4n) is 2.63. The maximum absolute atomic E-state index is 12.4. The molecule has 0 aliphatic heterocycles. The summed E-state index contributed by atoms with van der Waals surface area (Å²) in [6.07, 6.45) is 0. The van der Waals surface area contributed by atoms with Gasteiger partial charge in [-0.1, -0.05) is 42.5 Å². The first kappa shape index (κ1) is 19.8. The van der Waals surface area contributed by atoms with Gasteiger partial charge in [-0.05, 0) is 42.0 Å². The Morgan fingerprint density at radius 1 is 0.857 bits per heavy atom. The van der Waals surface area contributed by atoms with Crippen molar-refractivity contribution in [1.82, 2.24) is 4.31 Å². The molecule has 0 N–H and O–H groups in total. The van der Waals surface area contributed by atoms with Crippen LogP contribution in [0, 0.1) is 0 Å². The average Bonchev–Trinajstić information content (AvgIpc) is 2.73. The van der Waals surface area contributed by atoms with Gasteiger partial charge in [0, 0.05) is 25.2 Å². The lowest BCUT2D eigenvalue weighted by molar-refractivity contribution is 0.103. The van der Waals surface area contributed by atoms with Crippen LogP contribution in [0.3, 0.4) is 0 Å². The van der Waals surface area contributed by atoms with Gasteiger partial charge in [0.1, 0.15) is 12.4 Å². The van der Waals surface area contributed by atoms with Gasteiger partial charge in [-0.2, -0.15) is 0 Å². The van der Waals surface area contributed by atoms with Gasteiger partial charge >= 0.3 is 0 Å². The summed E-state index contributed by atoms with van der Waals surface area (Å²) in [7, 11) is -0.490. The smallest absolute Gasteiger partial charge is 0.242 e. The number of rotatable bonds is 7. The van der Waals surface area contributed by atoms with Crippen molar-refractivity contribution in [3.63, 3.8) is 0 Å². The molecule has 6 heteroatoms. The Labute approximate surface area is 165 Å². The monoisotopic (exact) mass is 395 g/mol. The molecule has 28 heavy (non-hydrogen) atoms. The quantitative estimate of drug-likeness (QED) is 0.572. The zero-order valence-corrected chi connectivity index (χ0v) is 16.5. The molecule has 0 saturated heterocycles. The Bertz CT molecular complexity index is 1060. The average molecular weight is 395 g/mol. The Morgan fingerprint density at radius 2 is 1.50 bits per heavy atom. The molecular weight excluding hydrogens is 374 g/mol. The third-order valence-electron chi connectivity index (χ3n) is 4.24. The molecule has 0 spiro atoms. The van der Waals surface area contributed by atoms with Crippen molar-refractivity contribution in [2.45, 2.75) is 11.5 Å². The summed E-state index contributed by atoms with van der Waals surface area (Å²) >= 11 is 0. The van der Waals surface area contributed by atoms with Crippen LogP contribution in [0.1, 0.15) is 21.5 Å². The highest BCUT2D eigenvalue weighted by Crippen LogP contribution is 2.19. The van der Waals surface area contributed by atoms with Gasteiger partial charge in [-0.3, -0.25) is 4.79 Å². The lowest BCUT2D eigenvalue weighted by Crippen LogP contribution is -2.22. The van der Waals surface area contributed by atoms with Crippen molar-refractivity contribution in [2.24, 2.45) is 0 Å². The molecule has 0 bridgehead atoms. The molecule has 0 atom stereocenters. The number of benzene rings is 3. The van der Waals surface area contributed by atoms with Crippen LogP contribution in [0.5, 0.6) is 5.75 Å². The predicted octanol–water partition coefficient (Wildman–Crippen LogP) is 3.75. The lowest BCUT2D eigenvalue weighted by atomic mass is 10.0. The zero-order chi connectivity index (χ0) is 20.1. The molecule has 0 aliphatic rings. The van der Waals surface area contributed by atoms with Gasteiger partial charge in [0.25, 0.3) is 0 Å². The minimum Gasteiger partial charge on any atom is -0.489 e. The number of ketones is 1. The molecule has 5 nitrogen and oxygen atoms in total. The SMILES string of the molecule is CN(C)S(=O)(=O)c1cccc(COc2ccc(C(=O)c3ccccc3)cc2)c1. The molecule has 3 aromatic rings. The molecule has 3 aromatic carbocycles. The van der Waals surface area contributed by atoms with Gasteiger partial charge in [0.2, 0.25) is 10.0 Å². The fraction of sp³-hybridized carbons (Fsp3) is 0.136. The predicted molar refractivity (Wildman–Crippen MR) is 108 cm³/mol. The van der Waals surface area contributed by atoms with E-state index in [9.17, 15) is 13.2 Å². The number of hydrogen-bond donors (Lipinski definition) is 0. The Morgan fingerprint density at radius 3 is 2.14 bits per heavy atom. The highest BCUT2D eigenvalue weighted by molar-refractivity contribution is 7.89. The van der Waals surface area contributed by atoms with E-state index >= 15 is 0 Å². The number of sulfonamides is 1. The zero-order valence-electron chi connectivity index (χ0n) is 15.7. The van der Waals surface area contributed by atoms with Crippen LogP contribution in [-0.4, -0.2) is 32.6 Å². The molecule has 144 valence electrons. The highest BCUT2D eigenvalue weighted by Gasteiger charge is 2.17. The van der Waals surface area contributed by atoms with Gasteiger partial charge < -0.3 is 4.74 Å². The molecule has 3 rings (SSSR count). The minimum absolute atomic E-state index is 0.0475. The van der Waals surface area contributed by atoms with E-state index in [4.69, 9.17) is 4.74 Å². The minimum atomic E-state index is -3.48. The van der Waals surface area contributed by atoms with Gasteiger partial charge in [0.15, 0.2) is 5.78 Å². The number of nitrogens with zero attached hydrogens (tertiary/aromatic N) is 1. The van der Waals surface area contributed by atoms with Crippen LogP contribution in [0.15, 0.2) is 83.8 Å². The van der Waals surface area contributed by atoms with Crippen LogP contribution in [0.4, 0.5) is 0 Å². The van der Waals surface area contributed by atoms with E-state index < -0.39 is 10.0 Å². The van der Waals surface area contributed by atoms with Gasteiger partial charge in [0.05, 0.1) is 4.90 Å². The van der Waals surface area contributed by atoms with E-state index in [0.29, 0.717) is 16.9 Å². The third-order valence-corrected chi connectivity index (χ3v) is 6.05. The first-order valence-corrected chi connectivity index (χ1v) is 10.2. The highest BCUT2D eigenvalue weighted by atomic mass is 32.2. The van der Waals surface area contributed by atoms with E-state index in [1.165, 1.54) is 18.4 Å². The molecule has 0 saturated carbocycles. The largest absolute Gasteiger partial charge is 0.489 e. The van der Waals surface area contributed by atoms with Crippen LogP contribution in [0.25, 0.3) is 0 Å². The van der Waals surface area contributed by atoms with E-state index in [1.807, 2.05) is 24.3 Å². The van der Waals surface area contributed by atoms with Crippen LogP contribution >= 0.6 is 0 Å². The molecule has 0 aliphatic carbocycles. The summed E-state index contributed by atoms with van der Waals surface area (Å²) in [5.41, 5.74) is 1.96. The molecule has 0 heterocycles. The first-order valence-electron chi connectivity index (χ1n) is 8.72. The summed E-state index contributed by atoms with van der Waals surface area (Å²) in [6, 6.07) is 22.6. The van der Waals surface area contributed by atoms with Crippen LogP contribution in [-0.2, 0) is 16.6 Å². The van der Waals surface area contributed by atoms with E-state index in [-0.39, 0.29) is 17.3 Å². The topological polar surface area (TPSA) is 63.7 Å². The lowest BCUT2D eigenvalue weighted by Gasteiger charge is -2.13. The number of ether oxygens (including phenoxy) is 1. The second kappa shape index (κ2) is 8.37. The summed E-state index contributed by atoms with van der Waals surface area (Å²) in [5, 5.41) is 0. The molecule has 0 aromatic heterocycles. The van der Waals surface area contributed by atoms with E-state index in [0.717, 1.165) is 5.56 Å². The number of carbonyl (C=O) groups is 1. The normalized spacial score (nSPS) is 11.4. The summed E-state index contributed by atoms with van der Waals surface area (Å²) in [5.74, 6) is 0.555. The summed E-state index contributed by atoms with van der Waals surface area (Å²) < 4.78 is 31.4. The van der Waals surface area contributed by atoms with Crippen molar-refractivity contribution in [1.29, 1.82) is 0 Å². The van der Waals surface area contributed by atoms with Crippen molar-refractivity contribution in [2.75, 3.05) is 14.1 Å². The third kappa shape index (κ3) is 4.47. The van der Waals surface area contributed by atoms with Crippen molar-refractivity contribution < 1.29 is 17.9 Å². The van der Waals surface area contributed by atoms with E-state index in [1.54, 1.807) is 54.6 Å². The van der Waals surface area contributed by atoms with Crippen molar-refractivity contribution >= 4 is 15.8 Å². The summed E-state index contributed by atoms with van der Waals surface area (Å²) in [4.78, 5) is 12.6. The van der Waals surface area contributed by atoms with E-state index in [2.05, 4.69) is 0 Å². The van der Waals surface area contributed by atoms with Gasteiger partial charge in [-0.25, -0.2) is 12.7 Å². The molecular formula is C22H21NO4S. The number of carbonyl (C=O) groups excluding carboxylic acids is 1. The summed E-state index contributed by atoms with van der Waals surface area (Å²) in [6.45, 7) is 0.225. The first-order chi connectivity index (χ1) is 13.4. The maximum atomic E-state index is 12.4. The van der Waals surface area contributed by atoms with Gasteiger partial charge in [-0.15, -0.1) is 0 Å². The standard InChI is InChI=1S/C22H21NO4S/c1-23(2)28(25,26)21-10-6-7-17(15-21)16-27-20-13-11-19(12-14-20)22(24)18-8-4-3-5-9-18/h3-15H,16H2,1-2H3. The Hall–Kier alpha value is -2.96. The second-order valence-electron chi connectivity index (χ2n) is 6.44. The second-order valence-corrected chi connectivity index (χ2v) is 8.59. The Balaban J connectivity index is 1.68. The molecule has 0 amide bonds. The number of hydrogen-bond acceptors (Lipinski definition) is 4. The van der Waals surface area contributed by atoms with Crippen LogP contribution in [0.2, 0.25) is 0 Å². The Kier molecular flexibility index (Phi) is 5.92. The van der Waals surface area contributed by atoms with Crippen molar-refractivity contribution in [3.05, 3.63) is 95.6 Å². The molecule has 0 unspecified atom stereocenters.